The van der Waals surface area contributed by atoms with Gasteiger partial charge in [0.05, 0.1) is 5.02 Å². The highest BCUT2D eigenvalue weighted by atomic mass is 35.5. The highest BCUT2D eigenvalue weighted by molar-refractivity contribution is 6.30. The van der Waals surface area contributed by atoms with E-state index in [0.29, 0.717) is 18.0 Å². The first kappa shape index (κ1) is 15.5. The molecule has 0 radical (unpaired) electrons. The van der Waals surface area contributed by atoms with Crippen LogP contribution in [-0.4, -0.2) is 12.6 Å². The van der Waals surface area contributed by atoms with Crippen molar-refractivity contribution in [1.82, 2.24) is 5.32 Å². The lowest BCUT2D eigenvalue weighted by Crippen LogP contribution is -2.37. The van der Waals surface area contributed by atoms with Crippen molar-refractivity contribution >= 4 is 11.6 Å². The Morgan fingerprint density at radius 1 is 1.39 bits per heavy atom. The molecule has 0 bridgehead atoms. The van der Waals surface area contributed by atoms with Gasteiger partial charge in [0.2, 0.25) is 0 Å². The number of rotatable bonds is 6. The van der Waals surface area contributed by atoms with Crippen LogP contribution >= 0.6 is 11.6 Å². The number of benzene rings is 1. The van der Waals surface area contributed by atoms with Gasteiger partial charge < -0.3 is 5.32 Å². The molecule has 0 amide bonds. The van der Waals surface area contributed by atoms with Gasteiger partial charge in [-0.05, 0) is 29.9 Å². The third-order valence-electron chi connectivity index (χ3n) is 3.44. The van der Waals surface area contributed by atoms with Gasteiger partial charge in [-0.25, -0.2) is 4.39 Å². The smallest absolute Gasteiger partial charge is 0.144 e. The Labute approximate surface area is 115 Å². The summed E-state index contributed by atoms with van der Waals surface area (Å²) in [6.45, 7) is 9.45. The van der Waals surface area contributed by atoms with Crippen molar-refractivity contribution in [1.29, 1.82) is 0 Å². The standard InChI is InChI=1S/C15H23ClFN/c1-5-15(4,10-18-11(2)3)9-12-7-6-8-13(16)14(12)17/h6-8,11,18H,5,9-10H2,1-4H3. The molecule has 1 unspecified atom stereocenters. The van der Waals surface area contributed by atoms with E-state index in [0.717, 1.165) is 13.0 Å². The Hall–Kier alpha value is -0.600. The summed E-state index contributed by atoms with van der Waals surface area (Å²) in [6.07, 6.45) is 1.70. The second-order valence-corrected chi connectivity index (χ2v) is 6.00. The molecule has 0 saturated heterocycles. The topological polar surface area (TPSA) is 12.0 Å². The van der Waals surface area contributed by atoms with Crippen LogP contribution in [0, 0.1) is 11.2 Å². The Morgan fingerprint density at radius 2 is 2.06 bits per heavy atom. The Kier molecular flexibility index (Phi) is 5.61. The fraction of sp³-hybridized carbons (Fsp3) is 0.600. The maximum absolute atomic E-state index is 13.9. The zero-order valence-electron chi connectivity index (χ0n) is 11.7. The fourth-order valence-electron chi connectivity index (χ4n) is 1.91. The van der Waals surface area contributed by atoms with E-state index in [1.54, 1.807) is 6.07 Å². The third-order valence-corrected chi connectivity index (χ3v) is 3.73. The maximum atomic E-state index is 13.9. The van der Waals surface area contributed by atoms with Gasteiger partial charge in [0.25, 0.3) is 0 Å². The van der Waals surface area contributed by atoms with Crippen molar-refractivity contribution in [2.24, 2.45) is 5.41 Å². The van der Waals surface area contributed by atoms with Crippen molar-refractivity contribution in [2.75, 3.05) is 6.54 Å². The van der Waals surface area contributed by atoms with Gasteiger partial charge >= 0.3 is 0 Å². The van der Waals surface area contributed by atoms with Crippen LogP contribution < -0.4 is 5.32 Å². The highest BCUT2D eigenvalue weighted by Crippen LogP contribution is 2.29. The fourth-order valence-corrected chi connectivity index (χ4v) is 2.10. The van der Waals surface area contributed by atoms with Gasteiger partial charge in [-0.2, -0.15) is 0 Å². The largest absolute Gasteiger partial charge is 0.314 e. The third kappa shape index (κ3) is 4.25. The normalized spacial score (nSPS) is 14.8. The Balaban J connectivity index is 2.81. The van der Waals surface area contributed by atoms with Crippen LogP contribution in [-0.2, 0) is 6.42 Å². The highest BCUT2D eigenvalue weighted by Gasteiger charge is 2.24. The summed E-state index contributed by atoms with van der Waals surface area (Å²) in [5.74, 6) is -0.275. The first-order chi connectivity index (χ1) is 8.38. The zero-order chi connectivity index (χ0) is 13.8. The SMILES string of the molecule is CCC(C)(CNC(C)C)Cc1cccc(Cl)c1F. The summed E-state index contributed by atoms with van der Waals surface area (Å²) in [5, 5.41) is 3.65. The monoisotopic (exact) mass is 271 g/mol. The van der Waals surface area contributed by atoms with E-state index in [1.807, 2.05) is 12.1 Å². The minimum Gasteiger partial charge on any atom is -0.314 e. The molecule has 1 nitrogen and oxygen atoms in total. The summed E-state index contributed by atoms with van der Waals surface area (Å²) in [7, 11) is 0. The predicted octanol–water partition coefficient (Wildman–Crippen LogP) is 4.44. The van der Waals surface area contributed by atoms with Crippen LogP contribution in [0.4, 0.5) is 4.39 Å². The molecular formula is C15H23ClFN. The lowest BCUT2D eigenvalue weighted by atomic mass is 9.81. The van der Waals surface area contributed by atoms with E-state index in [-0.39, 0.29) is 16.3 Å². The van der Waals surface area contributed by atoms with Crippen molar-refractivity contribution in [2.45, 2.75) is 46.6 Å². The lowest BCUT2D eigenvalue weighted by molar-refractivity contribution is 0.278. The van der Waals surface area contributed by atoms with Gasteiger partial charge in [-0.3, -0.25) is 0 Å². The quantitative estimate of drug-likeness (QED) is 0.807. The van der Waals surface area contributed by atoms with E-state index in [4.69, 9.17) is 11.6 Å². The molecule has 1 N–H and O–H groups in total. The second-order valence-electron chi connectivity index (χ2n) is 5.59. The van der Waals surface area contributed by atoms with E-state index >= 15 is 0 Å². The van der Waals surface area contributed by atoms with Crippen LogP contribution in [0.1, 0.15) is 39.7 Å². The summed E-state index contributed by atoms with van der Waals surface area (Å²) >= 11 is 5.82. The van der Waals surface area contributed by atoms with Crippen LogP contribution in [0.15, 0.2) is 18.2 Å². The lowest BCUT2D eigenvalue weighted by Gasteiger charge is -2.30. The summed E-state index contributed by atoms with van der Waals surface area (Å²) in [4.78, 5) is 0. The van der Waals surface area contributed by atoms with Crippen LogP contribution in [0.3, 0.4) is 0 Å². The average molecular weight is 272 g/mol. The van der Waals surface area contributed by atoms with Crippen LogP contribution in [0.2, 0.25) is 5.02 Å². The van der Waals surface area contributed by atoms with E-state index in [9.17, 15) is 4.39 Å². The molecular weight excluding hydrogens is 249 g/mol. The zero-order valence-corrected chi connectivity index (χ0v) is 12.4. The van der Waals surface area contributed by atoms with Crippen molar-refractivity contribution in [3.63, 3.8) is 0 Å². The number of nitrogens with one attached hydrogen (secondary N) is 1. The molecule has 1 aromatic carbocycles. The molecule has 0 aliphatic carbocycles. The summed E-state index contributed by atoms with van der Waals surface area (Å²) in [5.41, 5.74) is 0.757. The molecule has 102 valence electrons. The molecule has 0 spiro atoms. The second kappa shape index (κ2) is 6.53. The molecule has 0 saturated carbocycles. The van der Waals surface area contributed by atoms with Gasteiger partial charge in [-0.15, -0.1) is 0 Å². The minimum absolute atomic E-state index is 0.0514. The van der Waals surface area contributed by atoms with Crippen LogP contribution in [0.5, 0.6) is 0 Å². The molecule has 18 heavy (non-hydrogen) atoms. The van der Waals surface area contributed by atoms with E-state index in [2.05, 4.69) is 33.0 Å². The average Bonchev–Trinajstić information content (AvgIpc) is 2.33. The first-order valence-corrected chi connectivity index (χ1v) is 6.92. The molecule has 0 heterocycles. The van der Waals surface area contributed by atoms with Gasteiger partial charge in [0.15, 0.2) is 0 Å². The summed E-state index contributed by atoms with van der Waals surface area (Å²) < 4.78 is 13.9. The molecule has 0 fully saturated rings. The molecule has 1 rings (SSSR count). The molecule has 1 atom stereocenters. The maximum Gasteiger partial charge on any atom is 0.144 e. The van der Waals surface area contributed by atoms with E-state index < -0.39 is 0 Å². The van der Waals surface area contributed by atoms with Crippen molar-refractivity contribution in [3.8, 4) is 0 Å². The van der Waals surface area contributed by atoms with E-state index in [1.165, 1.54) is 0 Å². The number of hydrogen-bond acceptors (Lipinski definition) is 1. The molecule has 0 aliphatic rings. The molecule has 1 aromatic rings. The van der Waals surface area contributed by atoms with Crippen LogP contribution in [0.25, 0.3) is 0 Å². The Bertz CT molecular complexity index is 392. The molecule has 3 heteroatoms. The van der Waals surface area contributed by atoms with Gasteiger partial charge in [-0.1, -0.05) is 51.4 Å². The predicted molar refractivity (Wildman–Crippen MR) is 76.7 cm³/mol. The van der Waals surface area contributed by atoms with Gasteiger partial charge in [0.1, 0.15) is 5.82 Å². The van der Waals surface area contributed by atoms with Crippen molar-refractivity contribution in [3.05, 3.63) is 34.6 Å². The number of hydrogen-bond donors (Lipinski definition) is 1. The molecule has 0 aliphatic heterocycles. The molecule has 0 aromatic heterocycles. The van der Waals surface area contributed by atoms with Gasteiger partial charge in [0, 0.05) is 12.6 Å². The van der Waals surface area contributed by atoms with Crippen molar-refractivity contribution < 1.29 is 4.39 Å². The number of halogens is 2. The first-order valence-electron chi connectivity index (χ1n) is 6.54. The summed E-state index contributed by atoms with van der Waals surface area (Å²) in [6, 6.07) is 5.67. The Morgan fingerprint density at radius 3 is 2.61 bits per heavy atom. The minimum atomic E-state index is -0.275.